The van der Waals surface area contributed by atoms with Gasteiger partial charge in [-0.25, -0.2) is 4.79 Å². The van der Waals surface area contributed by atoms with E-state index in [1.54, 1.807) is 13.8 Å². The number of rotatable bonds is 17. The number of carboxylic acids is 1. The van der Waals surface area contributed by atoms with Gasteiger partial charge in [-0.05, 0) is 38.5 Å². The molecule has 0 aromatic heterocycles. The first-order chi connectivity index (χ1) is 17.2. The highest BCUT2D eigenvalue weighted by atomic mass is 16.4. The minimum atomic E-state index is -1.30. The second kappa shape index (κ2) is 16.9. The highest BCUT2D eigenvalue weighted by Crippen LogP contribution is 2.07. The van der Waals surface area contributed by atoms with Gasteiger partial charge in [0.2, 0.25) is 17.7 Å². The quantitative estimate of drug-likeness (QED) is 0.0490. The molecule has 0 aliphatic rings. The summed E-state index contributed by atoms with van der Waals surface area (Å²) in [5, 5.41) is 26.5. The molecule has 16 nitrogen and oxygen atoms in total. The summed E-state index contributed by atoms with van der Waals surface area (Å²) in [6.45, 7) is 4.90. The number of hydrogen-bond acceptors (Lipinski definition) is 8. The van der Waals surface area contributed by atoms with Crippen molar-refractivity contribution in [3.05, 3.63) is 0 Å². The number of nitrogens with two attached hydrogens (primary N) is 5. The van der Waals surface area contributed by atoms with Crippen molar-refractivity contribution in [1.82, 2.24) is 16.0 Å². The van der Waals surface area contributed by atoms with Crippen LogP contribution in [0.25, 0.3) is 0 Å². The Kier molecular flexibility index (Phi) is 15.2. The maximum Gasteiger partial charge on any atom is 0.326 e. The van der Waals surface area contributed by atoms with Crippen LogP contribution in [0.3, 0.4) is 0 Å². The van der Waals surface area contributed by atoms with Crippen LogP contribution in [0.4, 0.5) is 0 Å². The number of aliphatic imine (C=N–C) groups is 2. The zero-order valence-corrected chi connectivity index (χ0v) is 21.5. The molecule has 5 unspecified atom stereocenters. The van der Waals surface area contributed by atoms with E-state index in [4.69, 9.17) is 28.7 Å². The highest BCUT2D eigenvalue weighted by molar-refractivity contribution is 5.94. The Morgan fingerprint density at radius 3 is 1.51 bits per heavy atom. The highest BCUT2D eigenvalue weighted by Gasteiger charge is 2.31. The lowest BCUT2D eigenvalue weighted by Crippen LogP contribution is -2.58. The van der Waals surface area contributed by atoms with E-state index >= 15 is 0 Å². The van der Waals surface area contributed by atoms with Gasteiger partial charge in [-0.1, -0.05) is 13.8 Å². The Labute approximate surface area is 215 Å². The molecule has 0 aliphatic carbocycles. The first-order valence-corrected chi connectivity index (χ1v) is 11.9. The zero-order chi connectivity index (χ0) is 28.7. The molecule has 0 saturated heterocycles. The number of hydrogen-bond donors (Lipinski definition) is 10. The molecule has 212 valence electrons. The van der Waals surface area contributed by atoms with E-state index in [9.17, 15) is 29.4 Å². The SMILES string of the molecule is CC(C)C(NC(=O)C(CCCN=C(N)N)NC(=O)C(CCCN=C(N)N)NC(=O)C(N)C(C)O)C(=O)O. The normalized spacial score (nSPS) is 14.9. The van der Waals surface area contributed by atoms with Gasteiger partial charge in [0.25, 0.3) is 0 Å². The summed E-state index contributed by atoms with van der Waals surface area (Å²) in [6.07, 6.45) is -0.461. The van der Waals surface area contributed by atoms with Crippen molar-refractivity contribution in [2.24, 2.45) is 44.6 Å². The van der Waals surface area contributed by atoms with Crippen molar-refractivity contribution in [2.75, 3.05) is 13.1 Å². The lowest BCUT2D eigenvalue weighted by atomic mass is 10.0. The van der Waals surface area contributed by atoms with Crippen molar-refractivity contribution in [2.45, 2.75) is 76.7 Å². The fourth-order valence-corrected chi connectivity index (χ4v) is 3.07. The van der Waals surface area contributed by atoms with Crippen LogP contribution >= 0.6 is 0 Å². The Balaban J connectivity index is 5.73. The largest absolute Gasteiger partial charge is 0.480 e. The molecule has 0 fully saturated rings. The van der Waals surface area contributed by atoms with E-state index in [-0.39, 0.29) is 50.7 Å². The number of nitrogens with one attached hydrogen (secondary N) is 3. The second-order valence-electron chi connectivity index (χ2n) is 8.85. The fraction of sp³-hybridized carbons (Fsp3) is 0.714. The number of aliphatic carboxylic acids is 1. The molecule has 5 atom stereocenters. The summed E-state index contributed by atoms with van der Waals surface area (Å²) in [4.78, 5) is 57.7. The predicted molar refractivity (Wildman–Crippen MR) is 138 cm³/mol. The number of aliphatic hydroxyl groups excluding tert-OH is 1. The third kappa shape index (κ3) is 13.9. The fourth-order valence-electron chi connectivity index (χ4n) is 3.07. The summed E-state index contributed by atoms with van der Waals surface area (Å²) in [5.41, 5.74) is 26.9. The number of guanidine groups is 2. The van der Waals surface area contributed by atoms with Crippen molar-refractivity contribution in [3.63, 3.8) is 0 Å². The number of carboxylic acid groups (broad SMARTS) is 1. The van der Waals surface area contributed by atoms with Crippen LogP contribution in [0.2, 0.25) is 0 Å². The van der Waals surface area contributed by atoms with Gasteiger partial charge < -0.3 is 54.8 Å². The number of amides is 3. The lowest BCUT2D eigenvalue weighted by Gasteiger charge is -2.26. The average Bonchev–Trinajstić information content (AvgIpc) is 2.79. The molecule has 0 heterocycles. The molecule has 0 aliphatic heterocycles. The van der Waals surface area contributed by atoms with Gasteiger partial charge in [0.15, 0.2) is 11.9 Å². The zero-order valence-electron chi connectivity index (χ0n) is 21.5. The van der Waals surface area contributed by atoms with Crippen LogP contribution in [0, 0.1) is 5.92 Å². The van der Waals surface area contributed by atoms with E-state index in [1.165, 1.54) is 6.92 Å². The van der Waals surface area contributed by atoms with Crippen molar-refractivity contribution < 1.29 is 29.4 Å². The Morgan fingerprint density at radius 1 is 0.757 bits per heavy atom. The third-order valence-electron chi connectivity index (χ3n) is 5.21. The summed E-state index contributed by atoms with van der Waals surface area (Å²) in [7, 11) is 0. The van der Waals surface area contributed by atoms with Crippen LogP contribution in [-0.4, -0.2) is 89.2 Å². The van der Waals surface area contributed by atoms with Crippen LogP contribution in [-0.2, 0) is 19.2 Å². The number of carbonyl (C=O) groups is 4. The Hall–Kier alpha value is -3.66. The summed E-state index contributed by atoms with van der Waals surface area (Å²) < 4.78 is 0. The van der Waals surface area contributed by atoms with E-state index in [2.05, 4.69) is 25.9 Å². The number of nitrogens with zero attached hydrogens (tertiary/aromatic N) is 2. The molecule has 3 amide bonds. The van der Waals surface area contributed by atoms with Gasteiger partial charge in [0.1, 0.15) is 24.2 Å². The van der Waals surface area contributed by atoms with Crippen molar-refractivity contribution in [1.29, 1.82) is 0 Å². The van der Waals surface area contributed by atoms with Crippen LogP contribution < -0.4 is 44.6 Å². The van der Waals surface area contributed by atoms with Gasteiger partial charge in [0, 0.05) is 13.1 Å². The molecule has 0 radical (unpaired) electrons. The molecule has 16 heteroatoms. The molecule has 0 saturated carbocycles. The second-order valence-corrected chi connectivity index (χ2v) is 8.85. The van der Waals surface area contributed by atoms with E-state index in [0.29, 0.717) is 0 Å². The van der Waals surface area contributed by atoms with E-state index in [0.717, 1.165) is 0 Å². The summed E-state index contributed by atoms with van der Waals surface area (Å²) >= 11 is 0. The molecule has 37 heavy (non-hydrogen) atoms. The van der Waals surface area contributed by atoms with Crippen LogP contribution in [0.1, 0.15) is 46.5 Å². The first-order valence-electron chi connectivity index (χ1n) is 11.9. The predicted octanol–water partition coefficient (Wildman–Crippen LogP) is -4.00. The van der Waals surface area contributed by atoms with Crippen molar-refractivity contribution >= 4 is 35.6 Å². The maximum atomic E-state index is 13.1. The first kappa shape index (κ1) is 33.3. The van der Waals surface area contributed by atoms with Gasteiger partial charge in [-0.2, -0.15) is 0 Å². The summed E-state index contributed by atoms with van der Waals surface area (Å²) in [6, 6.07) is -4.80. The van der Waals surface area contributed by atoms with E-state index in [1.807, 2.05) is 0 Å². The molecule has 0 rings (SSSR count). The minimum Gasteiger partial charge on any atom is -0.480 e. The van der Waals surface area contributed by atoms with E-state index < -0.39 is 59.9 Å². The molecule has 0 aromatic rings. The minimum absolute atomic E-state index is 0.0701. The van der Waals surface area contributed by atoms with Gasteiger partial charge in [-0.3, -0.25) is 24.4 Å². The monoisotopic (exact) mass is 530 g/mol. The van der Waals surface area contributed by atoms with Crippen LogP contribution in [0.5, 0.6) is 0 Å². The van der Waals surface area contributed by atoms with Crippen molar-refractivity contribution in [3.8, 4) is 0 Å². The number of carbonyl (C=O) groups excluding carboxylic acids is 3. The standard InChI is InChI=1S/C21H42N10O6/c1-10(2)15(19(36)37)31-17(34)13(7-5-9-28-21(25)26)29-16(33)12(6-4-8-27-20(23)24)30-18(35)14(22)11(3)32/h10-15,32H,4-9,22H2,1-3H3,(H,29,33)(H,30,35)(H,31,34)(H,36,37)(H4,23,24,27)(H4,25,26,28). The molecule has 0 bridgehead atoms. The van der Waals surface area contributed by atoms with Gasteiger partial charge in [-0.15, -0.1) is 0 Å². The average molecular weight is 531 g/mol. The van der Waals surface area contributed by atoms with Gasteiger partial charge >= 0.3 is 5.97 Å². The molecule has 0 aromatic carbocycles. The smallest absolute Gasteiger partial charge is 0.326 e. The third-order valence-corrected chi connectivity index (χ3v) is 5.21. The van der Waals surface area contributed by atoms with Crippen LogP contribution in [0.15, 0.2) is 9.98 Å². The Bertz CT molecular complexity index is 825. The molecule has 0 spiro atoms. The molecular formula is C21H42N10O6. The maximum absolute atomic E-state index is 13.1. The molecular weight excluding hydrogens is 488 g/mol. The van der Waals surface area contributed by atoms with Gasteiger partial charge in [0.05, 0.1) is 6.10 Å². The topological polar surface area (TPSA) is 300 Å². The molecule has 15 N–H and O–H groups in total. The Morgan fingerprint density at radius 2 is 1.16 bits per heavy atom. The lowest BCUT2D eigenvalue weighted by molar-refractivity contribution is -0.143. The summed E-state index contributed by atoms with van der Waals surface area (Å²) in [5.74, 6) is -4.18. The number of aliphatic hydroxyl groups is 1.